The van der Waals surface area contributed by atoms with Gasteiger partial charge in [0.15, 0.2) is 0 Å². The van der Waals surface area contributed by atoms with E-state index in [-0.39, 0.29) is 17.9 Å². The molecule has 0 spiro atoms. The molecule has 2 fully saturated rings. The van der Waals surface area contributed by atoms with Crippen LogP contribution < -0.4 is 5.32 Å². The zero-order chi connectivity index (χ0) is 16.6. The Morgan fingerprint density at radius 2 is 2.26 bits per heavy atom. The van der Waals surface area contributed by atoms with Crippen LogP contribution >= 0.6 is 11.3 Å². The van der Waals surface area contributed by atoms with E-state index in [0.717, 1.165) is 44.6 Å². The highest BCUT2D eigenvalue weighted by Crippen LogP contribution is 2.32. The molecule has 0 aliphatic carbocycles. The number of likely N-dealkylation sites (N-methyl/N-ethyl adjacent to an activating group) is 1. The lowest BCUT2D eigenvalue weighted by Gasteiger charge is -2.39. The highest BCUT2D eigenvalue weighted by Gasteiger charge is 2.51. The zero-order valence-corrected chi connectivity index (χ0v) is 14.8. The van der Waals surface area contributed by atoms with Crippen molar-refractivity contribution in [2.24, 2.45) is 5.92 Å². The van der Waals surface area contributed by atoms with Gasteiger partial charge >= 0.3 is 6.03 Å². The molecular formula is C16H24N4O2S. The van der Waals surface area contributed by atoms with E-state index in [9.17, 15) is 9.59 Å². The summed E-state index contributed by atoms with van der Waals surface area (Å²) < 4.78 is 0. The summed E-state index contributed by atoms with van der Waals surface area (Å²) in [4.78, 5) is 33.5. The Bertz CT molecular complexity index is 617. The van der Waals surface area contributed by atoms with Gasteiger partial charge in [-0.2, -0.15) is 0 Å². The Balaban J connectivity index is 1.63. The number of hydrogen-bond donors (Lipinski definition) is 1. The second kappa shape index (κ2) is 6.20. The van der Waals surface area contributed by atoms with Crippen LogP contribution in [-0.2, 0) is 11.2 Å². The van der Waals surface area contributed by atoms with Crippen LogP contribution in [0.5, 0.6) is 0 Å². The first-order valence-corrected chi connectivity index (χ1v) is 9.01. The minimum Gasteiger partial charge on any atom is -0.323 e. The number of nitrogens with one attached hydrogen (secondary N) is 1. The first-order chi connectivity index (χ1) is 10.9. The summed E-state index contributed by atoms with van der Waals surface area (Å²) in [6.07, 6.45) is 3.04. The van der Waals surface area contributed by atoms with Crippen molar-refractivity contribution < 1.29 is 9.59 Å². The van der Waals surface area contributed by atoms with Gasteiger partial charge in [0, 0.05) is 30.9 Å². The predicted molar refractivity (Wildman–Crippen MR) is 89.4 cm³/mol. The quantitative estimate of drug-likeness (QED) is 0.849. The summed E-state index contributed by atoms with van der Waals surface area (Å²) in [5.74, 6) is 0.0628. The molecule has 2 atom stereocenters. The Morgan fingerprint density at radius 1 is 1.48 bits per heavy atom. The molecule has 3 heterocycles. The summed E-state index contributed by atoms with van der Waals surface area (Å²) in [6, 6.07) is -0.282. The second-order valence-electron chi connectivity index (χ2n) is 6.75. The number of rotatable bonds is 4. The molecular weight excluding hydrogens is 312 g/mol. The van der Waals surface area contributed by atoms with E-state index < -0.39 is 5.54 Å². The molecule has 0 radical (unpaired) electrons. The van der Waals surface area contributed by atoms with Crippen molar-refractivity contribution in [1.82, 2.24) is 20.1 Å². The molecule has 7 heteroatoms. The van der Waals surface area contributed by atoms with Gasteiger partial charge in [-0.1, -0.05) is 0 Å². The molecule has 1 aromatic heterocycles. The number of imide groups is 1. The number of amides is 3. The average molecular weight is 336 g/mol. The number of aryl methyl sites for hydroxylation is 1. The van der Waals surface area contributed by atoms with Crippen molar-refractivity contribution in [3.8, 4) is 0 Å². The van der Waals surface area contributed by atoms with Crippen LogP contribution in [0, 0.1) is 12.8 Å². The van der Waals surface area contributed by atoms with Gasteiger partial charge in [0.1, 0.15) is 5.54 Å². The van der Waals surface area contributed by atoms with Gasteiger partial charge in [-0.15, -0.1) is 11.3 Å². The van der Waals surface area contributed by atoms with Crippen molar-refractivity contribution in [1.29, 1.82) is 0 Å². The number of aromatic nitrogens is 1. The van der Waals surface area contributed by atoms with Crippen molar-refractivity contribution >= 4 is 23.3 Å². The summed E-state index contributed by atoms with van der Waals surface area (Å²) in [7, 11) is 1.55. The van der Waals surface area contributed by atoms with E-state index in [2.05, 4.69) is 22.1 Å². The molecule has 1 aromatic rings. The lowest BCUT2D eigenvalue weighted by molar-refractivity contribution is -0.132. The number of nitrogens with zero attached hydrogens (tertiary/aromatic N) is 3. The molecule has 0 bridgehead atoms. The smallest absolute Gasteiger partial charge is 0.323 e. The Kier molecular flexibility index (Phi) is 4.42. The molecule has 2 aliphatic rings. The lowest BCUT2D eigenvalue weighted by Crippen LogP contribution is -2.55. The van der Waals surface area contributed by atoms with Crippen molar-refractivity contribution in [3.05, 3.63) is 16.1 Å². The van der Waals surface area contributed by atoms with E-state index in [1.54, 1.807) is 18.4 Å². The van der Waals surface area contributed by atoms with Crippen LogP contribution in [0.4, 0.5) is 4.79 Å². The van der Waals surface area contributed by atoms with Crippen LogP contribution in [0.3, 0.4) is 0 Å². The second-order valence-corrected chi connectivity index (χ2v) is 7.69. The molecule has 0 saturated carbocycles. The number of likely N-dealkylation sites (tertiary alicyclic amines) is 1. The van der Waals surface area contributed by atoms with E-state index in [1.165, 1.54) is 9.78 Å². The number of carbonyl (C=O) groups excluding carboxylic acids is 2. The molecule has 6 nitrogen and oxygen atoms in total. The van der Waals surface area contributed by atoms with Crippen molar-refractivity contribution in [3.63, 3.8) is 0 Å². The van der Waals surface area contributed by atoms with E-state index in [0.29, 0.717) is 0 Å². The Labute approximate surface area is 140 Å². The summed E-state index contributed by atoms with van der Waals surface area (Å²) in [5, 5.41) is 2.90. The number of hydrogen-bond acceptors (Lipinski definition) is 5. The Hall–Kier alpha value is -1.47. The maximum atomic E-state index is 12.5. The van der Waals surface area contributed by atoms with Gasteiger partial charge in [0.05, 0.1) is 11.2 Å². The van der Waals surface area contributed by atoms with Crippen LogP contribution in [-0.4, -0.2) is 58.9 Å². The molecule has 23 heavy (non-hydrogen) atoms. The third-order valence-electron chi connectivity index (χ3n) is 5.24. The number of urea groups is 1. The monoisotopic (exact) mass is 336 g/mol. The Morgan fingerprint density at radius 3 is 2.87 bits per heavy atom. The maximum Gasteiger partial charge on any atom is 0.324 e. The fourth-order valence-corrected chi connectivity index (χ4v) is 4.40. The van der Waals surface area contributed by atoms with Crippen molar-refractivity contribution in [2.75, 3.05) is 26.7 Å². The molecule has 1 N–H and O–H groups in total. The normalized spacial score (nSPS) is 29.2. The molecule has 2 saturated heterocycles. The third kappa shape index (κ3) is 2.99. The highest BCUT2D eigenvalue weighted by atomic mass is 32.1. The molecule has 3 rings (SSSR count). The maximum absolute atomic E-state index is 12.5. The van der Waals surface area contributed by atoms with E-state index in [1.807, 2.05) is 12.4 Å². The fourth-order valence-electron chi connectivity index (χ4n) is 3.63. The van der Waals surface area contributed by atoms with Crippen LogP contribution in [0.15, 0.2) is 5.51 Å². The molecule has 126 valence electrons. The highest BCUT2D eigenvalue weighted by molar-refractivity contribution is 7.09. The lowest BCUT2D eigenvalue weighted by atomic mass is 9.80. The third-order valence-corrected chi connectivity index (χ3v) is 6.24. The first kappa shape index (κ1) is 16.4. The molecule has 0 aromatic carbocycles. The SMILES string of the molecule is Cc1ncsc1CCN1CCC[C@@H]([C@]2(C)NC(=O)N(C)C2=O)C1. The van der Waals surface area contributed by atoms with Crippen LogP contribution in [0.1, 0.15) is 30.3 Å². The van der Waals surface area contributed by atoms with Crippen molar-refractivity contribution in [2.45, 2.75) is 38.6 Å². The van der Waals surface area contributed by atoms with Gasteiger partial charge in [-0.05, 0) is 39.7 Å². The van der Waals surface area contributed by atoms with E-state index >= 15 is 0 Å². The number of thiazole rings is 1. The summed E-state index contributed by atoms with van der Waals surface area (Å²) in [5.41, 5.74) is 2.26. The van der Waals surface area contributed by atoms with Gasteiger partial charge < -0.3 is 10.2 Å². The average Bonchev–Trinajstić information content (AvgIpc) is 3.04. The van der Waals surface area contributed by atoms with Crippen LogP contribution in [0.2, 0.25) is 0 Å². The predicted octanol–water partition coefficient (Wildman–Crippen LogP) is 1.65. The molecule has 2 aliphatic heterocycles. The standard InChI is InChI=1S/C16H24N4O2S/c1-11-13(23-10-17-11)6-8-20-7-4-5-12(9-20)16(2)14(21)19(3)15(22)18-16/h10,12H,4-9H2,1-3H3,(H,18,22)/t12-,16+/m1/s1. The topological polar surface area (TPSA) is 65.5 Å². The molecule has 3 amide bonds. The van der Waals surface area contributed by atoms with E-state index in [4.69, 9.17) is 0 Å². The van der Waals surface area contributed by atoms with Gasteiger partial charge in [-0.3, -0.25) is 9.69 Å². The minimum absolute atomic E-state index is 0.104. The number of piperidine rings is 1. The first-order valence-electron chi connectivity index (χ1n) is 8.13. The largest absolute Gasteiger partial charge is 0.324 e. The van der Waals surface area contributed by atoms with Gasteiger partial charge in [0.2, 0.25) is 0 Å². The van der Waals surface area contributed by atoms with Crippen LogP contribution in [0.25, 0.3) is 0 Å². The summed E-state index contributed by atoms with van der Waals surface area (Å²) in [6.45, 7) is 6.82. The summed E-state index contributed by atoms with van der Waals surface area (Å²) >= 11 is 1.71. The van der Waals surface area contributed by atoms with Gasteiger partial charge in [-0.25, -0.2) is 9.78 Å². The molecule has 0 unspecified atom stereocenters. The number of carbonyl (C=O) groups is 2. The minimum atomic E-state index is -0.759. The van der Waals surface area contributed by atoms with Gasteiger partial charge in [0.25, 0.3) is 5.91 Å². The zero-order valence-electron chi connectivity index (χ0n) is 14.0. The fraction of sp³-hybridized carbons (Fsp3) is 0.688.